The van der Waals surface area contributed by atoms with Crippen LogP contribution in [0.1, 0.15) is 21.6 Å². The van der Waals surface area contributed by atoms with Gasteiger partial charge in [-0.05, 0) is 31.0 Å². The van der Waals surface area contributed by atoms with Crippen LogP contribution in [0.3, 0.4) is 0 Å². The van der Waals surface area contributed by atoms with E-state index in [-0.39, 0.29) is 5.91 Å². The Bertz CT molecular complexity index is 892. The highest BCUT2D eigenvalue weighted by Crippen LogP contribution is 2.32. The predicted octanol–water partition coefficient (Wildman–Crippen LogP) is 3.69. The van der Waals surface area contributed by atoms with Crippen molar-refractivity contribution in [1.29, 1.82) is 0 Å². The highest BCUT2D eigenvalue weighted by molar-refractivity contribution is 6.15. The van der Waals surface area contributed by atoms with Crippen molar-refractivity contribution < 1.29 is 4.79 Å². The van der Waals surface area contributed by atoms with Crippen molar-refractivity contribution in [3.8, 4) is 0 Å². The van der Waals surface area contributed by atoms with E-state index >= 15 is 0 Å². The summed E-state index contributed by atoms with van der Waals surface area (Å²) < 4.78 is 2.10. The molecule has 0 atom stereocenters. The van der Waals surface area contributed by atoms with Crippen LogP contribution in [0.15, 0.2) is 48.5 Å². The zero-order chi connectivity index (χ0) is 15.3. The molecule has 0 saturated carbocycles. The first kappa shape index (κ1) is 13.1. The van der Waals surface area contributed by atoms with E-state index in [0.717, 1.165) is 40.8 Å². The van der Waals surface area contributed by atoms with Crippen molar-refractivity contribution in [1.82, 2.24) is 4.57 Å². The van der Waals surface area contributed by atoms with Crippen molar-refractivity contribution in [2.75, 3.05) is 11.4 Å². The number of aryl methyl sites for hydroxylation is 1. The van der Waals surface area contributed by atoms with Gasteiger partial charge in [-0.1, -0.05) is 36.4 Å². The van der Waals surface area contributed by atoms with E-state index in [1.807, 2.05) is 55.3 Å². The average Bonchev–Trinajstić information content (AvgIpc) is 3.08. The number of benzene rings is 2. The third-order valence-electron chi connectivity index (χ3n) is 4.75. The summed E-state index contributed by atoms with van der Waals surface area (Å²) in [6, 6.07) is 16.3. The number of hydrogen-bond donors (Lipinski definition) is 0. The van der Waals surface area contributed by atoms with E-state index in [2.05, 4.69) is 16.7 Å². The molecule has 1 aromatic heterocycles. The van der Waals surface area contributed by atoms with Crippen LogP contribution in [0.2, 0.25) is 0 Å². The lowest BCUT2D eigenvalue weighted by atomic mass is 10.1. The van der Waals surface area contributed by atoms with Crippen LogP contribution in [0, 0.1) is 6.92 Å². The Morgan fingerprint density at radius 2 is 1.77 bits per heavy atom. The normalized spacial score (nSPS) is 13.6. The van der Waals surface area contributed by atoms with Crippen molar-refractivity contribution >= 4 is 22.5 Å². The van der Waals surface area contributed by atoms with Crippen molar-refractivity contribution in [3.05, 3.63) is 65.4 Å². The second-order valence-electron chi connectivity index (χ2n) is 5.87. The first-order valence-electron chi connectivity index (χ1n) is 7.62. The number of nitrogens with zero attached hydrogens (tertiary/aromatic N) is 2. The lowest BCUT2D eigenvalue weighted by Crippen LogP contribution is -2.29. The number of anilines is 1. The SMILES string of the molecule is Cc1c(C(=O)N2CCc3ccccc32)c2ccccc2n1C. The van der Waals surface area contributed by atoms with E-state index in [1.54, 1.807) is 0 Å². The third kappa shape index (κ3) is 1.72. The standard InChI is InChI=1S/C19H18N2O/c1-13-18(15-8-4-6-10-17(15)20(13)2)19(22)21-12-11-14-7-3-5-9-16(14)21/h3-10H,11-12H2,1-2H3. The molecule has 3 heteroatoms. The summed E-state index contributed by atoms with van der Waals surface area (Å²) in [5, 5.41) is 1.04. The number of aromatic nitrogens is 1. The first-order chi connectivity index (χ1) is 10.7. The monoisotopic (exact) mass is 290 g/mol. The van der Waals surface area contributed by atoms with Gasteiger partial charge in [-0.2, -0.15) is 0 Å². The van der Waals surface area contributed by atoms with Crippen molar-refractivity contribution in [2.45, 2.75) is 13.3 Å². The number of carbonyl (C=O) groups excluding carboxylic acids is 1. The molecule has 0 N–H and O–H groups in total. The van der Waals surface area contributed by atoms with E-state index in [4.69, 9.17) is 0 Å². The van der Waals surface area contributed by atoms with Gasteiger partial charge in [-0.15, -0.1) is 0 Å². The van der Waals surface area contributed by atoms with Gasteiger partial charge < -0.3 is 9.47 Å². The van der Waals surface area contributed by atoms with Crippen LogP contribution >= 0.6 is 0 Å². The Morgan fingerprint density at radius 3 is 2.64 bits per heavy atom. The van der Waals surface area contributed by atoms with Crippen molar-refractivity contribution in [3.63, 3.8) is 0 Å². The van der Waals surface area contributed by atoms with Crippen LogP contribution in [0.4, 0.5) is 5.69 Å². The van der Waals surface area contributed by atoms with Gasteiger partial charge in [-0.25, -0.2) is 0 Å². The molecule has 0 fully saturated rings. The molecule has 0 spiro atoms. The quantitative estimate of drug-likeness (QED) is 0.671. The Labute approximate surface area is 129 Å². The van der Waals surface area contributed by atoms with Crippen LogP contribution in [-0.4, -0.2) is 17.0 Å². The Kier molecular flexibility index (Phi) is 2.83. The fraction of sp³-hybridized carbons (Fsp3) is 0.211. The molecule has 2 heterocycles. The van der Waals surface area contributed by atoms with Crippen LogP contribution in [0.25, 0.3) is 10.9 Å². The van der Waals surface area contributed by atoms with Gasteiger partial charge in [0.15, 0.2) is 0 Å². The van der Waals surface area contributed by atoms with Gasteiger partial charge in [0.05, 0.1) is 5.56 Å². The molecule has 1 aliphatic heterocycles. The summed E-state index contributed by atoms with van der Waals surface area (Å²) in [4.78, 5) is 15.1. The molecule has 0 bridgehead atoms. The van der Waals surface area contributed by atoms with Crippen LogP contribution < -0.4 is 4.90 Å². The summed E-state index contributed by atoms with van der Waals surface area (Å²) >= 11 is 0. The van der Waals surface area contributed by atoms with Gasteiger partial charge in [0.1, 0.15) is 0 Å². The highest BCUT2D eigenvalue weighted by Gasteiger charge is 2.28. The molecule has 0 radical (unpaired) electrons. The molecule has 110 valence electrons. The zero-order valence-corrected chi connectivity index (χ0v) is 12.8. The molecule has 4 rings (SSSR count). The van der Waals surface area contributed by atoms with E-state index in [9.17, 15) is 4.79 Å². The largest absolute Gasteiger partial charge is 0.347 e. The Balaban J connectivity index is 1.87. The maximum Gasteiger partial charge on any atom is 0.260 e. The number of fused-ring (bicyclic) bond motifs is 2. The predicted molar refractivity (Wildman–Crippen MR) is 89.5 cm³/mol. The summed E-state index contributed by atoms with van der Waals surface area (Å²) in [5.41, 5.74) is 5.27. The van der Waals surface area contributed by atoms with Gasteiger partial charge in [-0.3, -0.25) is 4.79 Å². The van der Waals surface area contributed by atoms with E-state index in [0.29, 0.717) is 0 Å². The number of carbonyl (C=O) groups is 1. The summed E-state index contributed by atoms with van der Waals surface area (Å²) in [5.74, 6) is 0.110. The van der Waals surface area contributed by atoms with Gasteiger partial charge >= 0.3 is 0 Å². The summed E-state index contributed by atoms with van der Waals surface area (Å²) in [6.07, 6.45) is 0.936. The second-order valence-corrected chi connectivity index (χ2v) is 5.87. The molecule has 2 aromatic carbocycles. The number of amides is 1. The number of hydrogen-bond acceptors (Lipinski definition) is 1. The van der Waals surface area contributed by atoms with Gasteiger partial charge in [0.25, 0.3) is 5.91 Å². The van der Waals surface area contributed by atoms with Gasteiger partial charge in [0.2, 0.25) is 0 Å². The lowest BCUT2D eigenvalue weighted by Gasteiger charge is -2.17. The maximum atomic E-state index is 13.2. The fourth-order valence-electron chi connectivity index (χ4n) is 3.47. The minimum atomic E-state index is 0.110. The Hall–Kier alpha value is -2.55. The van der Waals surface area contributed by atoms with Crippen LogP contribution in [0.5, 0.6) is 0 Å². The minimum Gasteiger partial charge on any atom is -0.347 e. The van der Waals surface area contributed by atoms with E-state index < -0.39 is 0 Å². The van der Waals surface area contributed by atoms with Crippen molar-refractivity contribution in [2.24, 2.45) is 7.05 Å². The number of rotatable bonds is 1. The molecular weight excluding hydrogens is 272 g/mol. The first-order valence-corrected chi connectivity index (χ1v) is 7.62. The Morgan fingerprint density at radius 1 is 1.05 bits per heavy atom. The topological polar surface area (TPSA) is 25.2 Å². The van der Waals surface area contributed by atoms with Gasteiger partial charge in [0, 0.05) is 35.9 Å². The minimum absolute atomic E-state index is 0.110. The van der Waals surface area contributed by atoms with Crippen LogP contribution in [-0.2, 0) is 13.5 Å². The molecule has 0 aliphatic carbocycles. The summed E-state index contributed by atoms with van der Waals surface area (Å²) in [6.45, 7) is 2.79. The molecule has 1 aliphatic rings. The average molecular weight is 290 g/mol. The molecule has 0 unspecified atom stereocenters. The number of para-hydroxylation sites is 2. The summed E-state index contributed by atoms with van der Waals surface area (Å²) in [7, 11) is 2.02. The maximum absolute atomic E-state index is 13.2. The molecule has 3 nitrogen and oxygen atoms in total. The lowest BCUT2D eigenvalue weighted by molar-refractivity contribution is 0.0990. The second kappa shape index (κ2) is 4.73. The zero-order valence-electron chi connectivity index (χ0n) is 12.8. The molecule has 1 amide bonds. The van der Waals surface area contributed by atoms with E-state index in [1.165, 1.54) is 5.56 Å². The fourth-order valence-corrected chi connectivity index (χ4v) is 3.47. The molecule has 3 aromatic rings. The third-order valence-corrected chi connectivity index (χ3v) is 4.75. The molecular formula is C19H18N2O. The molecule has 0 saturated heterocycles. The smallest absolute Gasteiger partial charge is 0.260 e. The highest BCUT2D eigenvalue weighted by atomic mass is 16.2. The molecule has 22 heavy (non-hydrogen) atoms.